The van der Waals surface area contributed by atoms with Gasteiger partial charge in [0, 0.05) is 47.5 Å². The molecule has 1 atom stereocenters. The zero-order valence-corrected chi connectivity index (χ0v) is 33.6. The van der Waals surface area contributed by atoms with Crippen molar-refractivity contribution in [1.29, 1.82) is 0 Å². The van der Waals surface area contributed by atoms with Gasteiger partial charge in [-0.15, -0.1) is 11.3 Å². The largest absolute Gasteiger partial charge is 0.460 e. The van der Waals surface area contributed by atoms with Gasteiger partial charge in [0.1, 0.15) is 17.2 Å². The molecule has 1 aliphatic carbocycles. The van der Waals surface area contributed by atoms with Gasteiger partial charge in [-0.3, -0.25) is 0 Å². The van der Waals surface area contributed by atoms with Gasteiger partial charge in [-0.2, -0.15) is 0 Å². The summed E-state index contributed by atoms with van der Waals surface area (Å²) >= 11 is 1.81. The van der Waals surface area contributed by atoms with Crippen molar-refractivity contribution < 1.29 is 4.42 Å². The highest BCUT2D eigenvalue weighted by atomic mass is 32.1. The zero-order valence-electron chi connectivity index (χ0n) is 32.8. The first-order valence-corrected chi connectivity index (χ1v) is 21.5. The van der Waals surface area contributed by atoms with Gasteiger partial charge in [0.05, 0.1) is 28.2 Å². The first kappa shape index (κ1) is 34.2. The number of nitrogens with zero attached hydrogens (tertiary/aromatic N) is 4. The van der Waals surface area contributed by atoms with E-state index in [0.29, 0.717) is 23.9 Å². The van der Waals surface area contributed by atoms with Crippen LogP contribution in [0.25, 0.3) is 109 Å². The molecular formula is C55H34N4OS. The number of furan rings is 1. The summed E-state index contributed by atoms with van der Waals surface area (Å²) in [4.78, 5) is 16.4. The van der Waals surface area contributed by atoms with Crippen molar-refractivity contribution in [2.45, 2.75) is 12.3 Å². The second-order valence-corrected chi connectivity index (χ2v) is 16.9. The molecule has 8 aromatic carbocycles. The standard InChI is InChI=1S/C55H34N4OS/c1-2-13-33(14-3-1)34-25-27-35(28-26-34)53-56-54(42-21-12-20-40-39-18-7-10-23-47(39)60-52(40)42)58-55(57-53)51-45(29-30-49-50(51)41-19-8-11-24-48(41)61-49)59-44-22-9-6-17-38(44)43-31-36-15-4-5-16-37(36)32-46(43)59/h1-20,22-32,42H,21H2. The number of para-hydroxylation sites is 2. The Labute approximate surface area is 354 Å². The van der Waals surface area contributed by atoms with Crippen LogP contribution in [0.2, 0.25) is 0 Å². The molecule has 0 bridgehead atoms. The summed E-state index contributed by atoms with van der Waals surface area (Å²) in [7, 11) is 0. The van der Waals surface area contributed by atoms with Crippen LogP contribution in [-0.2, 0) is 0 Å². The fraction of sp³-hybridized carbons (Fsp3) is 0.0364. The lowest BCUT2D eigenvalue weighted by Crippen LogP contribution is -2.12. The molecule has 0 fully saturated rings. The van der Waals surface area contributed by atoms with E-state index in [4.69, 9.17) is 19.4 Å². The first-order chi connectivity index (χ1) is 30.2. The van der Waals surface area contributed by atoms with E-state index in [9.17, 15) is 0 Å². The predicted molar refractivity (Wildman–Crippen MR) is 253 cm³/mol. The van der Waals surface area contributed by atoms with E-state index < -0.39 is 0 Å². The molecule has 0 radical (unpaired) electrons. The number of hydrogen-bond donors (Lipinski definition) is 0. The SMILES string of the molecule is C1=Cc2c(oc3ccccc23)C(c2nc(-c3ccc(-c4ccccc4)cc3)nc(-c3c(-n4c5ccccc5c5cc6ccccc6cc54)ccc4sc5ccccc5c34)n2)C1. The van der Waals surface area contributed by atoms with Gasteiger partial charge in [-0.05, 0) is 70.8 Å². The van der Waals surface area contributed by atoms with Crippen molar-refractivity contribution in [2.24, 2.45) is 0 Å². The minimum absolute atomic E-state index is 0.210. The van der Waals surface area contributed by atoms with Crippen molar-refractivity contribution in [3.05, 3.63) is 199 Å². The van der Waals surface area contributed by atoms with Gasteiger partial charge in [-0.25, -0.2) is 15.0 Å². The van der Waals surface area contributed by atoms with Crippen molar-refractivity contribution in [3.63, 3.8) is 0 Å². The Balaban J connectivity index is 1.12. The van der Waals surface area contributed by atoms with Gasteiger partial charge in [0.25, 0.3) is 0 Å². The molecule has 4 aromatic heterocycles. The Bertz CT molecular complexity index is 3740. The van der Waals surface area contributed by atoms with E-state index in [1.807, 2.05) is 18.2 Å². The molecule has 5 nitrogen and oxygen atoms in total. The number of fused-ring (bicyclic) bond motifs is 10. The first-order valence-electron chi connectivity index (χ1n) is 20.7. The van der Waals surface area contributed by atoms with E-state index in [0.717, 1.165) is 66.7 Å². The van der Waals surface area contributed by atoms with E-state index in [1.54, 1.807) is 11.3 Å². The summed E-state index contributed by atoms with van der Waals surface area (Å²) < 4.78 is 11.5. The van der Waals surface area contributed by atoms with Crippen LogP contribution in [0.1, 0.15) is 29.5 Å². The molecule has 0 spiro atoms. The Morgan fingerprint density at radius 2 is 1.21 bits per heavy atom. The average Bonchev–Trinajstić information content (AvgIpc) is 4.00. The van der Waals surface area contributed by atoms with Crippen LogP contribution in [0.3, 0.4) is 0 Å². The minimum Gasteiger partial charge on any atom is -0.460 e. The summed E-state index contributed by atoms with van der Waals surface area (Å²) in [5.74, 6) is 2.63. The van der Waals surface area contributed by atoms with Gasteiger partial charge in [0.15, 0.2) is 11.6 Å². The summed E-state index contributed by atoms with van der Waals surface area (Å²) in [5.41, 5.74) is 9.45. The minimum atomic E-state index is -0.210. The molecule has 4 heterocycles. The molecule has 6 heteroatoms. The third-order valence-corrected chi connectivity index (χ3v) is 13.5. The quantitative estimate of drug-likeness (QED) is 0.174. The molecule has 1 unspecified atom stereocenters. The zero-order chi connectivity index (χ0) is 40.0. The third kappa shape index (κ3) is 5.36. The van der Waals surface area contributed by atoms with E-state index in [1.165, 1.54) is 36.3 Å². The Hall–Kier alpha value is -7.67. The number of hydrogen-bond acceptors (Lipinski definition) is 5. The predicted octanol–water partition coefficient (Wildman–Crippen LogP) is 14.8. The molecular weight excluding hydrogens is 765 g/mol. The normalized spacial score (nSPS) is 13.9. The van der Waals surface area contributed by atoms with Crippen LogP contribution >= 0.6 is 11.3 Å². The Kier molecular flexibility index (Phi) is 7.53. The molecule has 0 saturated heterocycles. The van der Waals surface area contributed by atoms with Crippen molar-refractivity contribution >= 4 is 81.1 Å². The Morgan fingerprint density at radius 1 is 0.525 bits per heavy atom. The molecule has 12 aromatic rings. The lowest BCUT2D eigenvalue weighted by molar-refractivity contribution is 0.506. The molecule has 61 heavy (non-hydrogen) atoms. The van der Waals surface area contributed by atoms with Crippen molar-refractivity contribution in [2.75, 3.05) is 0 Å². The van der Waals surface area contributed by atoms with Crippen LogP contribution < -0.4 is 0 Å². The maximum Gasteiger partial charge on any atom is 0.166 e. The number of rotatable bonds is 5. The van der Waals surface area contributed by atoms with Crippen molar-refractivity contribution in [3.8, 4) is 39.6 Å². The molecule has 0 N–H and O–H groups in total. The van der Waals surface area contributed by atoms with Gasteiger partial charge in [0.2, 0.25) is 0 Å². The topological polar surface area (TPSA) is 56.7 Å². The fourth-order valence-electron chi connectivity index (χ4n) is 9.53. The van der Waals surface area contributed by atoms with Crippen LogP contribution in [-0.4, -0.2) is 19.5 Å². The van der Waals surface area contributed by atoms with Gasteiger partial charge < -0.3 is 8.98 Å². The number of benzene rings is 8. The van der Waals surface area contributed by atoms with Crippen LogP contribution in [0.5, 0.6) is 0 Å². The third-order valence-electron chi connectivity index (χ3n) is 12.4. The molecule has 13 rings (SSSR count). The average molecular weight is 799 g/mol. The monoisotopic (exact) mass is 798 g/mol. The molecule has 0 amide bonds. The van der Waals surface area contributed by atoms with E-state index in [-0.39, 0.29) is 5.92 Å². The Morgan fingerprint density at radius 3 is 2.08 bits per heavy atom. The van der Waals surface area contributed by atoms with Crippen LogP contribution in [0.15, 0.2) is 186 Å². The number of thiophene rings is 1. The summed E-state index contributed by atoms with van der Waals surface area (Å²) in [5, 5.41) is 8.23. The second-order valence-electron chi connectivity index (χ2n) is 15.9. The smallest absolute Gasteiger partial charge is 0.166 e. The van der Waals surface area contributed by atoms with Gasteiger partial charge in [-0.1, -0.05) is 146 Å². The lowest BCUT2D eigenvalue weighted by atomic mass is 9.91. The van der Waals surface area contributed by atoms with Gasteiger partial charge >= 0.3 is 0 Å². The fourth-order valence-corrected chi connectivity index (χ4v) is 10.6. The summed E-state index contributed by atoms with van der Waals surface area (Å²) in [6.45, 7) is 0. The number of aromatic nitrogens is 4. The molecule has 1 aliphatic rings. The maximum atomic E-state index is 6.69. The number of allylic oxidation sites excluding steroid dienone is 1. The van der Waals surface area contributed by atoms with E-state index >= 15 is 0 Å². The molecule has 0 aliphatic heterocycles. The lowest BCUT2D eigenvalue weighted by Gasteiger charge is -2.19. The maximum absolute atomic E-state index is 6.69. The summed E-state index contributed by atoms with van der Waals surface area (Å²) in [6, 6.07) is 62.6. The molecule has 0 saturated carbocycles. The van der Waals surface area contributed by atoms with Crippen molar-refractivity contribution in [1.82, 2.24) is 19.5 Å². The molecule has 286 valence electrons. The highest BCUT2D eigenvalue weighted by Crippen LogP contribution is 2.46. The second kappa shape index (κ2) is 13.4. The highest BCUT2D eigenvalue weighted by molar-refractivity contribution is 7.26. The summed E-state index contributed by atoms with van der Waals surface area (Å²) in [6.07, 6.45) is 5.13. The highest BCUT2D eigenvalue weighted by Gasteiger charge is 2.30. The van der Waals surface area contributed by atoms with E-state index in [2.05, 4.69) is 174 Å². The van der Waals surface area contributed by atoms with Crippen LogP contribution in [0, 0.1) is 0 Å². The van der Waals surface area contributed by atoms with Crippen LogP contribution in [0.4, 0.5) is 0 Å².